The van der Waals surface area contributed by atoms with E-state index in [0.29, 0.717) is 19.6 Å². The lowest BCUT2D eigenvalue weighted by Gasteiger charge is -2.26. The van der Waals surface area contributed by atoms with Gasteiger partial charge in [0.1, 0.15) is 0 Å². The van der Waals surface area contributed by atoms with Crippen LogP contribution in [0.2, 0.25) is 0 Å². The quantitative estimate of drug-likeness (QED) is 0.658. The zero-order valence-corrected chi connectivity index (χ0v) is 7.12. The van der Waals surface area contributed by atoms with Crippen molar-refractivity contribution in [3.8, 4) is 0 Å². The molecular weight excluding hydrogens is 170 g/mol. The van der Waals surface area contributed by atoms with Crippen LogP contribution in [-0.4, -0.2) is 35.4 Å². The molecule has 1 aromatic rings. The van der Waals surface area contributed by atoms with Crippen LogP contribution in [0.4, 0.5) is 0 Å². The first-order valence-corrected chi connectivity index (χ1v) is 4.20. The lowest BCUT2D eigenvalue weighted by Crippen LogP contribution is -2.49. The molecule has 0 saturated carbocycles. The molecule has 0 unspecified atom stereocenters. The topological polar surface area (TPSA) is 67.0 Å². The van der Waals surface area contributed by atoms with Crippen LogP contribution < -0.4 is 5.32 Å². The maximum Gasteiger partial charge on any atom is 0.226 e. The second-order valence-corrected chi connectivity index (χ2v) is 3.06. The summed E-state index contributed by atoms with van der Waals surface area (Å²) in [5.74, 6) is 0.0116. The number of hydrogen-bond donors (Lipinski definition) is 2. The number of hydrogen-bond acceptors (Lipinski definition) is 3. The Morgan fingerprint density at radius 2 is 2.62 bits per heavy atom. The van der Waals surface area contributed by atoms with Crippen LogP contribution in [0.3, 0.4) is 0 Å². The Kier molecular flexibility index (Phi) is 2.27. The molecule has 0 bridgehead atoms. The van der Waals surface area contributed by atoms with Crippen molar-refractivity contribution in [2.24, 2.45) is 0 Å². The van der Waals surface area contributed by atoms with Gasteiger partial charge in [-0.25, -0.2) is 0 Å². The van der Waals surface area contributed by atoms with Crippen LogP contribution in [0, 0.1) is 0 Å². The van der Waals surface area contributed by atoms with Crippen molar-refractivity contribution in [1.82, 2.24) is 15.5 Å². The molecule has 1 aliphatic rings. The summed E-state index contributed by atoms with van der Waals surface area (Å²) in [6.07, 6.45) is 1.99. The largest absolute Gasteiger partial charge is 0.377 e. The van der Waals surface area contributed by atoms with E-state index in [9.17, 15) is 4.79 Å². The standard InChI is InChI=1S/C8H11N3O2/c12-8(10-7-4-13-5-7)3-6-1-2-9-11-6/h1-2,7H,3-5H2,(H,9,11)(H,10,12). The summed E-state index contributed by atoms with van der Waals surface area (Å²) in [7, 11) is 0. The van der Waals surface area contributed by atoms with Gasteiger partial charge in [0, 0.05) is 11.9 Å². The summed E-state index contributed by atoms with van der Waals surface area (Å²) in [5.41, 5.74) is 0.831. The highest BCUT2D eigenvalue weighted by Gasteiger charge is 2.20. The molecule has 13 heavy (non-hydrogen) atoms. The summed E-state index contributed by atoms with van der Waals surface area (Å²) in [4.78, 5) is 11.3. The number of nitrogens with zero attached hydrogens (tertiary/aromatic N) is 1. The third-order valence-corrected chi connectivity index (χ3v) is 1.91. The molecule has 5 nitrogen and oxygen atoms in total. The first-order valence-electron chi connectivity index (χ1n) is 4.20. The second kappa shape index (κ2) is 3.57. The van der Waals surface area contributed by atoms with Gasteiger partial charge < -0.3 is 10.1 Å². The Morgan fingerprint density at radius 3 is 3.15 bits per heavy atom. The van der Waals surface area contributed by atoms with E-state index in [4.69, 9.17) is 4.74 Å². The zero-order valence-electron chi connectivity index (χ0n) is 7.12. The fourth-order valence-corrected chi connectivity index (χ4v) is 1.15. The van der Waals surface area contributed by atoms with Gasteiger partial charge in [-0.3, -0.25) is 9.89 Å². The molecule has 0 aromatic carbocycles. The predicted molar refractivity (Wildman–Crippen MR) is 45.0 cm³/mol. The normalized spacial score (nSPS) is 16.6. The number of carbonyl (C=O) groups excluding carboxylic acids is 1. The van der Waals surface area contributed by atoms with Gasteiger partial charge in [0.2, 0.25) is 5.91 Å². The fourth-order valence-electron chi connectivity index (χ4n) is 1.15. The number of aromatic amines is 1. The zero-order chi connectivity index (χ0) is 9.10. The number of nitrogens with one attached hydrogen (secondary N) is 2. The van der Waals surface area contributed by atoms with E-state index >= 15 is 0 Å². The highest BCUT2D eigenvalue weighted by Crippen LogP contribution is 2.00. The van der Waals surface area contributed by atoms with Crippen LogP contribution in [0.15, 0.2) is 12.3 Å². The Hall–Kier alpha value is -1.36. The van der Waals surface area contributed by atoms with Crippen LogP contribution >= 0.6 is 0 Å². The fraction of sp³-hybridized carbons (Fsp3) is 0.500. The van der Waals surface area contributed by atoms with E-state index < -0.39 is 0 Å². The molecule has 0 aliphatic carbocycles. The van der Waals surface area contributed by atoms with Crippen molar-refractivity contribution in [2.45, 2.75) is 12.5 Å². The average molecular weight is 181 g/mol. The SMILES string of the molecule is O=C(Cc1ccn[nH]1)NC1COC1. The molecule has 0 atom stereocenters. The summed E-state index contributed by atoms with van der Waals surface area (Å²) >= 11 is 0. The van der Waals surface area contributed by atoms with Crippen molar-refractivity contribution in [3.63, 3.8) is 0 Å². The van der Waals surface area contributed by atoms with Crippen LogP contribution in [-0.2, 0) is 16.0 Å². The van der Waals surface area contributed by atoms with Gasteiger partial charge in [-0.15, -0.1) is 0 Å². The number of aromatic nitrogens is 2. The highest BCUT2D eigenvalue weighted by atomic mass is 16.5. The van der Waals surface area contributed by atoms with Crippen LogP contribution in [0.1, 0.15) is 5.69 Å². The second-order valence-electron chi connectivity index (χ2n) is 3.06. The van der Waals surface area contributed by atoms with E-state index in [-0.39, 0.29) is 11.9 Å². The molecule has 0 radical (unpaired) electrons. The molecule has 2 heterocycles. The third kappa shape index (κ3) is 2.06. The van der Waals surface area contributed by atoms with Crippen LogP contribution in [0.5, 0.6) is 0 Å². The molecule has 0 spiro atoms. The molecule has 1 aromatic heterocycles. The molecule has 1 fully saturated rings. The minimum Gasteiger partial charge on any atom is -0.377 e. The first kappa shape index (κ1) is 8.25. The number of ether oxygens (including phenoxy) is 1. The molecular formula is C8H11N3O2. The number of rotatable bonds is 3. The van der Waals surface area contributed by atoms with Gasteiger partial charge in [0.15, 0.2) is 0 Å². The van der Waals surface area contributed by atoms with Crippen molar-refractivity contribution in [2.75, 3.05) is 13.2 Å². The van der Waals surface area contributed by atoms with Crippen molar-refractivity contribution in [3.05, 3.63) is 18.0 Å². The van der Waals surface area contributed by atoms with Crippen molar-refractivity contribution in [1.29, 1.82) is 0 Å². The average Bonchev–Trinajstić information content (AvgIpc) is 2.49. The Bertz CT molecular complexity index is 280. The Labute approximate surface area is 75.5 Å². The minimum absolute atomic E-state index is 0.0116. The summed E-state index contributed by atoms with van der Waals surface area (Å²) in [5, 5.41) is 9.34. The molecule has 5 heteroatoms. The Balaban J connectivity index is 1.78. The van der Waals surface area contributed by atoms with Gasteiger partial charge in [0.05, 0.1) is 25.7 Å². The van der Waals surface area contributed by atoms with E-state index in [1.165, 1.54) is 0 Å². The number of carbonyl (C=O) groups is 1. The molecule has 1 saturated heterocycles. The maximum atomic E-state index is 11.3. The molecule has 1 amide bonds. The summed E-state index contributed by atoms with van der Waals surface area (Å²) < 4.78 is 4.94. The van der Waals surface area contributed by atoms with E-state index in [0.717, 1.165) is 5.69 Å². The van der Waals surface area contributed by atoms with Gasteiger partial charge in [0.25, 0.3) is 0 Å². The third-order valence-electron chi connectivity index (χ3n) is 1.91. The van der Waals surface area contributed by atoms with Gasteiger partial charge >= 0.3 is 0 Å². The highest BCUT2D eigenvalue weighted by molar-refractivity contribution is 5.78. The summed E-state index contributed by atoms with van der Waals surface area (Å²) in [6, 6.07) is 1.99. The van der Waals surface area contributed by atoms with E-state index in [1.54, 1.807) is 12.3 Å². The minimum atomic E-state index is 0.0116. The molecule has 70 valence electrons. The van der Waals surface area contributed by atoms with Crippen molar-refractivity contribution >= 4 is 5.91 Å². The van der Waals surface area contributed by atoms with E-state index in [2.05, 4.69) is 15.5 Å². The molecule has 2 rings (SSSR count). The van der Waals surface area contributed by atoms with Crippen molar-refractivity contribution < 1.29 is 9.53 Å². The Morgan fingerprint density at radius 1 is 1.77 bits per heavy atom. The number of amides is 1. The first-order chi connectivity index (χ1) is 6.34. The smallest absolute Gasteiger partial charge is 0.226 e. The molecule has 1 aliphatic heterocycles. The van der Waals surface area contributed by atoms with Gasteiger partial charge in [-0.05, 0) is 6.07 Å². The van der Waals surface area contributed by atoms with Crippen LogP contribution in [0.25, 0.3) is 0 Å². The summed E-state index contributed by atoms with van der Waals surface area (Å²) in [6.45, 7) is 1.27. The maximum absolute atomic E-state index is 11.3. The van der Waals surface area contributed by atoms with E-state index in [1.807, 2.05) is 0 Å². The lowest BCUT2D eigenvalue weighted by atomic mass is 10.2. The predicted octanol–water partition coefficient (Wildman–Crippen LogP) is -0.533. The molecule has 2 N–H and O–H groups in total. The number of H-pyrrole nitrogens is 1. The monoisotopic (exact) mass is 181 g/mol. The lowest BCUT2D eigenvalue weighted by molar-refractivity contribution is -0.124. The van der Waals surface area contributed by atoms with Gasteiger partial charge in [-0.2, -0.15) is 5.10 Å². The van der Waals surface area contributed by atoms with Gasteiger partial charge in [-0.1, -0.05) is 0 Å².